The van der Waals surface area contributed by atoms with E-state index in [1.807, 2.05) is 0 Å². The van der Waals surface area contributed by atoms with Gasteiger partial charge in [0.2, 0.25) is 0 Å². The average molecular weight is 186 g/mol. The molecule has 2 nitrogen and oxygen atoms in total. The Bertz CT molecular complexity index is 276. The molecule has 0 fully saturated rings. The molecule has 72 valence electrons. The molecule has 0 unspecified atom stereocenters. The average Bonchev–Trinajstić information content (AvgIpc) is 2.11. The van der Waals surface area contributed by atoms with Crippen LogP contribution < -0.4 is 11.1 Å². The van der Waals surface area contributed by atoms with Gasteiger partial charge in [0.25, 0.3) is 0 Å². The van der Waals surface area contributed by atoms with Crippen molar-refractivity contribution in [1.29, 1.82) is 0 Å². The fourth-order valence-electron chi connectivity index (χ4n) is 0.971. The molecule has 1 aromatic rings. The minimum atomic E-state index is -0.387. The lowest BCUT2D eigenvalue weighted by atomic mass is 10.2. The highest BCUT2D eigenvalue weighted by Crippen LogP contribution is 2.18. The number of hydrogen-bond donors (Lipinski definition) is 2. The van der Waals surface area contributed by atoms with Gasteiger partial charge in [-0.2, -0.15) is 0 Å². The molecule has 0 spiro atoms. The van der Waals surface area contributed by atoms with E-state index in [-0.39, 0.29) is 12.5 Å². The topological polar surface area (TPSA) is 38.0 Å². The molecule has 4 heteroatoms. The Morgan fingerprint density at radius 2 is 2.15 bits per heavy atom. The quantitative estimate of drug-likeness (QED) is 0.558. The summed E-state index contributed by atoms with van der Waals surface area (Å²) < 4.78 is 24.4. The standard InChI is InChI=1S/C9H12F2N2/c10-4-1-5-13-9-6-7(11)2-3-8(9)12/h2-3,6,13H,1,4-5,12H2. The lowest BCUT2D eigenvalue weighted by Crippen LogP contribution is -2.05. The predicted octanol–water partition coefficient (Wildman–Crippen LogP) is 2.18. The molecule has 0 radical (unpaired) electrons. The highest BCUT2D eigenvalue weighted by atomic mass is 19.1. The highest BCUT2D eigenvalue weighted by Gasteiger charge is 1.99. The smallest absolute Gasteiger partial charge is 0.125 e. The third-order valence-corrected chi connectivity index (χ3v) is 1.64. The van der Waals surface area contributed by atoms with E-state index in [0.717, 1.165) is 0 Å². The van der Waals surface area contributed by atoms with Gasteiger partial charge in [-0.15, -0.1) is 0 Å². The van der Waals surface area contributed by atoms with Gasteiger partial charge >= 0.3 is 0 Å². The molecule has 13 heavy (non-hydrogen) atoms. The van der Waals surface area contributed by atoms with E-state index in [4.69, 9.17) is 5.73 Å². The molecule has 0 bridgehead atoms. The lowest BCUT2D eigenvalue weighted by Gasteiger charge is -2.07. The number of anilines is 2. The first-order valence-corrected chi connectivity index (χ1v) is 4.09. The number of halogens is 2. The normalized spacial score (nSPS) is 10.0. The van der Waals surface area contributed by atoms with Crippen LogP contribution in [0.1, 0.15) is 6.42 Å². The molecule has 0 atom stereocenters. The summed E-state index contributed by atoms with van der Waals surface area (Å²) in [7, 11) is 0. The van der Waals surface area contributed by atoms with Gasteiger partial charge in [-0.1, -0.05) is 0 Å². The summed E-state index contributed by atoms with van der Waals surface area (Å²) in [6, 6.07) is 4.07. The fraction of sp³-hybridized carbons (Fsp3) is 0.333. The second-order valence-corrected chi connectivity index (χ2v) is 2.70. The van der Waals surface area contributed by atoms with Gasteiger partial charge < -0.3 is 11.1 Å². The van der Waals surface area contributed by atoms with Crippen molar-refractivity contribution in [1.82, 2.24) is 0 Å². The van der Waals surface area contributed by atoms with E-state index >= 15 is 0 Å². The second-order valence-electron chi connectivity index (χ2n) is 2.70. The Balaban J connectivity index is 2.59. The Morgan fingerprint density at radius 1 is 1.38 bits per heavy atom. The van der Waals surface area contributed by atoms with Gasteiger partial charge in [-0.05, 0) is 24.6 Å². The van der Waals surface area contributed by atoms with Crippen LogP contribution >= 0.6 is 0 Å². The minimum Gasteiger partial charge on any atom is -0.397 e. The van der Waals surface area contributed by atoms with Crippen LogP contribution in [0.4, 0.5) is 20.2 Å². The zero-order chi connectivity index (χ0) is 9.68. The molecule has 0 amide bonds. The molecule has 0 saturated heterocycles. The van der Waals surface area contributed by atoms with Crippen molar-refractivity contribution in [3.8, 4) is 0 Å². The van der Waals surface area contributed by atoms with Gasteiger partial charge in [-0.25, -0.2) is 4.39 Å². The first-order chi connectivity index (χ1) is 6.24. The van der Waals surface area contributed by atoms with E-state index in [1.54, 1.807) is 0 Å². The zero-order valence-corrected chi connectivity index (χ0v) is 7.19. The van der Waals surface area contributed by atoms with Gasteiger partial charge in [0.05, 0.1) is 18.0 Å². The van der Waals surface area contributed by atoms with E-state index in [2.05, 4.69) is 5.32 Å². The van der Waals surface area contributed by atoms with Crippen LogP contribution in [0.25, 0.3) is 0 Å². The summed E-state index contributed by atoms with van der Waals surface area (Å²) in [5.74, 6) is -0.350. The first kappa shape index (κ1) is 9.77. The van der Waals surface area contributed by atoms with E-state index < -0.39 is 0 Å². The Morgan fingerprint density at radius 3 is 2.85 bits per heavy atom. The monoisotopic (exact) mass is 186 g/mol. The summed E-state index contributed by atoms with van der Waals surface area (Å²) >= 11 is 0. The van der Waals surface area contributed by atoms with Crippen LogP contribution in [0.2, 0.25) is 0 Å². The van der Waals surface area contributed by atoms with Crippen LogP contribution in [0.3, 0.4) is 0 Å². The maximum absolute atomic E-state index is 12.7. The van der Waals surface area contributed by atoms with Crippen LogP contribution in [0.15, 0.2) is 18.2 Å². The summed E-state index contributed by atoms with van der Waals surface area (Å²) in [6.07, 6.45) is 0.399. The van der Waals surface area contributed by atoms with Crippen molar-refractivity contribution in [2.24, 2.45) is 0 Å². The molecular weight excluding hydrogens is 174 g/mol. The second kappa shape index (κ2) is 4.64. The van der Waals surface area contributed by atoms with Gasteiger partial charge in [0, 0.05) is 6.54 Å². The molecule has 0 aromatic heterocycles. The van der Waals surface area contributed by atoms with Crippen molar-refractivity contribution < 1.29 is 8.78 Å². The molecule has 1 aromatic carbocycles. The van der Waals surface area contributed by atoms with Crippen LogP contribution in [0.5, 0.6) is 0 Å². The number of benzene rings is 1. The highest BCUT2D eigenvalue weighted by molar-refractivity contribution is 5.65. The molecule has 1 rings (SSSR count). The maximum Gasteiger partial charge on any atom is 0.125 e. The van der Waals surface area contributed by atoms with Gasteiger partial charge in [0.15, 0.2) is 0 Å². The molecule has 0 heterocycles. The van der Waals surface area contributed by atoms with E-state index in [9.17, 15) is 8.78 Å². The van der Waals surface area contributed by atoms with Gasteiger partial charge in [0.1, 0.15) is 5.82 Å². The summed E-state index contributed by atoms with van der Waals surface area (Å²) in [6.45, 7) is 0.0758. The zero-order valence-electron chi connectivity index (χ0n) is 7.19. The fourth-order valence-corrected chi connectivity index (χ4v) is 0.971. The molecule has 0 aliphatic carbocycles. The minimum absolute atomic E-state index is 0.350. The number of hydrogen-bond acceptors (Lipinski definition) is 2. The van der Waals surface area contributed by atoms with Crippen molar-refractivity contribution in [2.45, 2.75) is 6.42 Å². The van der Waals surface area contributed by atoms with Gasteiger partial charge in [-0.3, -0.25) is 4.39 Å². The van der Waals surface area contributed by atoms with Crippen molar-refractivity contribution in [3.05, 3.63) is 24.0 Å². The van der Waals surface area contributed by atoms with Crippen LogP contribution in [-0.2, 0) is 0 Å². The Hall–Kier alpha value is -1.32. The van der Waals surface area contributed by atoms with Crippen molar-refractivity contribution in [3.63, 3.8) is 0 Å². The number of alkyl halides is 1. The SMILES string of the molecule is Nc1ccc(F)cc1NCCCF. The Labute approximate surface area is 75.7 Å². The largest absolute Gasteiger partial charge is 0.397 e. The number of nitrogens with two attached hydrogens (primary N) is 1. The summed E-state index contributed by atoms with van der Waals surface area (Å²) in [4.78, 5) is 0. The Kier molecular flexibility index (Phi) is 3.49. The molecule has 3 N–H and O–H groups in total. The maximum atomic E-state index is 12.7. The van der Waals surface area contributed by atoms with E-state index in [0.29, 0.717) is 24.3 Å². The molecule has 0 aliphatic heterocycles. The van der Waals surface area contributed by atoms with E-state index in [1.165, 1.54) is 18.2 Å². The third-order valence-electron chi connectivity index (χ3n) is 1.64. The number of rotatable bonds is 4. The van der Waals surface area contributed by atoms with Crippen molar-refractivity contribution in [2.75, 3.05) is 24.3 Å². The predicted molar refractivity (Wildman–Crippen MR) is 49.9 cm³/mol. The summed E-state index contributed by atoms with van der Waals surface area (Å²) in [5.41, 5.74) is 6.54. The molecular formula is C9H12F2N2. The van der Waals surface area contributed by atoms with Crippen molar-refractivity contribution >= 4 is 11.4 Å². The van der Waals surface area contributed by atoms with Crippen LogP contribution in [-0.4, -0.2) is 13.2 Å². The lowest BCUT2D eigenvalue weighted by molar-refractivity contribution is 0.481. The number of nitrogens with one attached hydrogen (secondary N) is 1. The summed E-state index contributed by atoms with van der Waals surface area (Å²) in [5, 5.41) is 2.85. The number of nitrogen functional groups attached to an aromatic ring is 1. The third kappa shape index (κ3) is 2.89. The molecule has 0 aliphatic rings. The first-order valence-electron chi connectivity index (χ1n) is 4.09. The van der Waals surface area contributed by atoms with Crippen LogP contribution in [0, 0.1) is 5.82 Å². The molecule has 0 saturated carbocycles.